The highest BCUT2D eigenvalue weighted by Gasteiger charge is 2.03. The Labute approximate surface area is 169 Å². The molecule has 0 fully saturated rings. The normalized spacial score (nSPS) is 10.9. The number of rotatable bonds is 21. The molecule has 0 aromatic rings. The summed E-state index contributed by atoms with van der Waals surface area (Å²) in [6, 6.07) is 0. The lowest BCUT2D eigenvalue weighted by atomic mass is 10.0. The number of carbonyl (C=O) groups is 1. The molecule has 0 radical (unpaired) electrons. The molecular weight excluding hydrogens is 336 g/mol. The molecule has 0 unspecified atom stereocenters. The second-order valence-electron chi connectivity index (χ2n) is 7.98. The quantitative estimate of drug-likeness (QED) is 0.123. The predicted octanol–water partition coefficient (Wildman–Crippen LogP) is 8.38. The van der Waals surface area contributed by atoms with Gasteiger partial charge in [-0.2, -0.15) is 0 Å². The molecular formula is C24H46O3. The van der Waals surface area contributed by atoms with E-state index in [9.17, 15) is 4.79 Å². The van der Waals surface area contributed by atoms with Crippen LogP contribution in [0.25, 0.3) is 0 Å². The van der Waals surface area contributed by atoms with Crippen LogP contribution in [0, 0.1) is 0 Å². The molecule has 0 atom stereocenters. The third kappa shape index (κ3) is 23.0. The molecule has 0 aliphatic rings. The number of unbranched alkanes of at least 4 members (excludes halogenated alkanes) is 18. The smallest absolute Gasteiger partial charge is 0.313 e. The highest BCUT2D eigenvalue weighted by Crippen LogP contribution is 2.14. The van der Waals surface area contributed by atoms with Crippen molar-refractivity contribution in [1.82, 2.24) is 0 Å². The molecule has 27 heavy (non-hydrogen) atoms. The van der Waals surface area contributed by atoms with Crippen molar-refractivity contribution in [2.45, 2.75) is 135 Å². The number of carbonyl (C=O) groups excluding carboxylic acids is 1. The lowest BCUT2D eigenvalue weighted by Crippen LogP contribution is -2.02. The van der Waals surface area contributed by atoms with Crippen molar-refractivity contribution in [3.8, 4) is 0 Å². The van der Waals surface area contributed by atoms with Gasteiger partial charge in [0.2, 0.25) is 0 Å². The Morgan fingerprint density at radius 3 is 1.22 bits per heavy atom. The lowest BCUT2D eigenvalue weighted by molar-refractivity contribution is -0.143. The van der Waals surface area contributed by atoms with Gasteiger partial charge in [-0.15, -0.1) is 0 Å². The maximum absolute atomic E-state index is 11.2. The van der Waals surface area contributed by atoms with E-state index in [0.29, 0.717) is 6.42 Å². The van der Waals surface area contributed by atoms with Crippen molar-refractivity contribution in [2.24, 2.45) is 0 Å². The van der Waals surface area contributed by atoms with Gasteiger partial charge in [0.25, 0.3) is 5.95 Å². The monoisotopic (exact) mass is 382 g/mol. The van der Waals surface area contributed by atoms with Crippen molar-refractivity contribution in [1.29, 1.82) is 0 Å². The van der Waals surface area contributed by atoms with Gasteiger partial charge in [-0.05, 0) is 13.0 Å². The molecule has 0 saturated heterocycles. The first-order valence-corrected chi connectivity index (χ1v) is 11.8. The fraction of sp³-hybridized carbons (Fsp3) is 0.875. The first kappa shape index (κ1) is 26.0. The van der Waals surface area contributed by atoms with Crippen LogP contribution in [0.5, 0.6) is 0 Å². The number of aliphatic hydroxyl groups excluding tert-OH is 1. The van der Waals surface area contributed by atoms with Crippen LogP contribution in [0.3, 0.4) is 0 Å². The molecule has 0 saturated carbocycles. The Balaban J connectivity index is 3.07. The van der Waals surface area contributed by atoms with Crippen molar-refractivity contribution >= 4 is 5.97 Å². The molecule has 3 heteroatoms. The third-order valence-corrected chi connectivity index (χ3v) is 5.22. The van der Waals surface area contributed by atoms with Crippen molar-refractivity contribution in [2.75, 3.05) is 0 Å². The van der Waals surface area contributed by atoms with Gasteiger partial charge in [-0.25, -0.2) is 0 Å². The number of ether oxygens (including phenoxy) is 1. The average Bonchev–Trinajstić information content (AvgIpc) is 2.63. The zero-order valence-electron chi connectivity index (χ0n) is 18.1. The van der Waals surface area contributed by atoms with E-state index in [4.69, 9.17) is 5.11 Å². The van der Waals surface area contributed by atoms with Gasteiger partial charge in [0.05, 0.1) is 0 Å². The first-order chi connectivity index (χ1) is 13.2. The van der Waals surface area contributed by atoms with Crippen LogP contribution in [0.4, 0.5) is 0 Å². The van der Waals surface area contributed by atoms with Gasteiger partial charge in [0, 0.05) is 6.42 Å². The second-order valence-corrected chi connectivity index (χ2v) is 7.98. The van der Waals surface area contributed by atoms with Crippen LogP contribution in [0.2, 0.25) is 0 Å². The molecule has 3 nitrogen and oxygen atoms in total. The van der Waals surface area contributed by atoms with Crippen LogP contribution in [0.1, 0.15) is 135 Å². The van der Waals surface area contributed by atoms with Crippen LogP contribution < -0.4 is 0 Å². The number of aliphatic hydroxyl groups is 1. The highest BCUT2D eigenvalue weighted by molar-refractivity contribution is 5.70. The Kier molecular flexibility index (Phi) is 20.5. The Bertz CT molecular complexity index is 339. The van der Waals surface area contributed by atoms with Gasteiger partial charge >= 0.3 is 5.97 Å². The Morgan fingerprint density at radius 2 is 0.926 bits per heavy atom. The summed E-state index contributed by atoms with van der Waals surface area (Å²) in [4.78, 5) is 11.2. The largest absolute Gasteiger partial charge is 0.481 e. The third-order valence-electron chi connectivity index (χ3n) is 5.22. The lowest BCUT2D eigenvalue weighted by Gasteiger charge is -2.04. The van der Waals surface area contributed by atoms with E-state index in [2.05, 4.69) is 18.2 Å². The average molecular weight is 383 g/mol. The van der Waals surface area contributed by atoms with Crippen LogP contribution in [-0.2, 0) is 9.53 Å². The number of esters is 1. The summed E-state index contributed by atoms with van der Waals surface area (Å²) in [5, 5.41) is 8.74. The summed E-state index contributed by atoms with van der Waals surface area (Å²) >= 11 is 0. The van der Waals surface area contributed by atoms with Crippen LogP contribution in [-0.4, -0.2) is 11.1 Å². The maximum Gasteiger partial charge on any atom is 0.313 e. The molecule has 160 valence electrons. The van der Waals surface area contributed by atoms with Gasteiger partial charge in [-0.1, -0.05) is 122 Å². The molecule has 0 rings (SSSR count). The minimum Gasteiger partial charge on any atom is -0.481 e. The van der Waals surface area contributed by atoms with E-state index >= 15 is 0 Å². The maximum atomic E-state index is 11.2. The van der Waals surface area contributed by atoms with Gasteiger partial charge in [0.15, 0.2) is 0 Å². The molecule has 0 spiro atoms. The molecule has 1 N–H and O–H groups in total. The minimum absolute atomic E-state index is 0.373. The summed E-state index contributed by atoms with van der Waals surface area (Å²) < 4.78 is 4.51. The minimum atomic E-state index is -0.502. The number of hydrogen-bond acceptors (Lipinski definition) is 3. The summed E-state index contributed by atoms with van der Waals surface area (Å²) in [6.07, 6.45) is 25.8. The molecule has 0 heterocycles. The fourth-order valence-corrected chi connectivity index (χ4v) is 3.53. The van der Waals surface area contributed by atoms with Gasteiger partial charge in [0.1, 0.15) is 0 Å². The molecule has 0 aromatic heterocycles. The van der Waals surface area contributed by atoms with E-state index in [0.717, 1.165) is 12.8 Å². The van der Waals surface area contributed by atoms with Gasteiger partial charge in [-0.3, -0.25) is 4.79 Å². The fourth-order valence-electron chi connectivity index (χ4n) is 3.53. The van der Waals surface area contributed by atoms with E-state index in [-0.39, 0.29) is 5.97 Å². The van der Waals surface area contributed by atoms with Gasteiger partial charge < -0.3 is 9.84 Å². The van der Waals surface area contributed by atoms with E-state index in [1.807, 2.05) is 0 Å². The zero-order chi connectivity index (χ0) is 20.0. The second kappa shape index (κ2) is 21.3. The van der Waals surface area contributed by atoms with E-state index < -0.39 is 5.95 Å². The van der Waals surface area contributed by atoms with E-state index in [1.54, 1.807) is 0 Å². The highest BCUT2D eigenvalue weighted by atomic mass is 16.6. The number of hydrogen-bond donors (Lipinski definition) is 1. The van der Waals surface area contributed by atoms with Crippen molar-refractivity contribution in [3.63, 3.8) is 0 Å². The van der Waals surface area contributed by atoms with E-state index in [1.165, 1.54) is 109 Å². The molecule has 0 bridgehead atoms. The summed E-state index contributed by atoms with van der Waals surface area (Å²) in [5.74, 6) is -0.882. The molecule has 0 aliphatic heterocycles. The Hall–Kier alpha value is -0.990. The molecule has 0 aliphatic carbocycles. The zero-order valence-corrected chi connectivity index (χ0v) is 18.1. The summed E-state index contributed by atoms with van der Waals surface area (Å²) in [5.41, 5.74) is 0. The summed E-state index contributed by atoms with van der Waals surface area (Å²) in [7, 11) is 0. The molecule has 0 aromatic carbocycles. The topological polar surface area (TPSA) is 46.5 Å². The SMILES string of the molecule is C=C(O)OC(=O)CCCCCCCCCCCCCCCCCCCCC. The van der Waals surface area contributed by atoms with Crippen LogP contribution >= 0.6 is 0 Å². The molecule has 0 amide bonds. The standard InChI is InChI=1S/C24H46O3/c1-3-4-5-6-7-8-9-10-11-12-13-14-15-16-17-18-19-20-21-22-24(26)27-23(2)25/h25H,2-22H2,1H3. The van der Waals surface area contributed by atoms with Crippen LogP contribution in [0.15, 0.2) is 12.5 Å². The summed E-state index contributed by atoms with van der Waals surface area (Å²) in [6.45, 7) is 5.42. The van der Waals surface area contributed by atoms with Crippen molar-refractivity contribution < 1.29 is 14.6 Å². The Morgan fingerprint density at radius 1 is 0.630 bits per heavy atom. The predicted molar refractivity (Wildman–Crippen MR) is 116 cm³/mol. The van der Waals surface area contributed by atoms with Crippen molar-refractivity contribution in [3.05, 3.63) is 12.5 Å². The first-order valence-electron chi connectivity index (χ1n) is 11.8.